The van der Waals surface area contributed by atoms with Crippen LogP contribution < -0.4 is 4.90 Å². The number of ether oxygens (including phenoxy) is 2. The van der Waals surface area contributed by atoms with Gasteiger partial charge in [-0.15, -0.1) is 10.00 Å². The number of nitrogens with zero attached hydrogens (tertiary/aromatic N) is 5. The van der Waals surface area contributed by atoms with Crippen LogP contribution in [0.15, 0.2) is 18.8 Å². The second kappa shape index (κ2) is 6.74. The second-order valence-corrected chi connectivity index (χ2v) is 7.49. The first-order valence-electron chi connectivity index (χ1n) is 8.01. The van der Waals surface area contributed by atoms with E-state index in [9.17, 15) is 9.59 Å². The third-order valence-electron chi connectivity index (χ3n) is 2.80. The van der Waals surface area contributed by atoms with Crippen LogP contribution in [-0.4, -0.2) is 43.0 Å². The molecule has 0 saturated heterocycles. The summed E-state index contributed by atoms with van der Waals surface area (Å²) in [6.45, 7) is 13.8. The van der Waals surface area contributed by atoms with Crippen molar-refractivity contribution in [1.82, 2.24) is 19.6 Å². The number of anilines is 1. The van der Waals surface area contributed by atoms with Crippen LogP contribution in [0.25, 0.3) is 11.7 Å². The van der Waals surface area contributed by atoms with Crippen molar-refractivity contribution in [1.29, 1.82) is 0 Å². The molecule has 0 fully saturated rings. The van der Waals surface area contributed by atoms with E-state index in [0.29, 0.717) is 16.4 Å². The standard InChI is InChI=1S/C17H23N5O4/c1-8-11-18-10-9-12-19-13(20-22(11)12)21(14(23)25-16(2,3)4)15(24)26-17(5,6)7/h8-10H,1H2,2-7H3. The van der Waals surface area contributed by atoms with Crippen molar-refractivity contribution in [3.63, 3.8) is 0 Å². The molecule has 0 N–H and O–H groups in total. The fourth-order valence-electron chi connectivity index (χ4n) is 1.91. The Balaban J connectivity index is 2.51. The molecule has 0 aliphatic heterocycles. The Morgan fingerprint density at radius 3 is 2.12 bits per heavy atom. The van der Waals surface area contributed by atoms with Crippen molar-refractivity contribution in [2.45, 2.75) is 52.7 Å². The van der Waals surface area contributed by atoms with Crippen LogP contribution in [0.4, 0.5) is 15.5 Å². The van der Waals surface area contributed by atoms with Gasteiger partial charge < -0.3 is 9.47 Å². The van der Waals surface area contributed by atoms with Crippen LogP contribution in [0, 0.1) is 0 Å². The molecule has 0 unspecified atom stereocenters. The molecule has 0 atom stereocenters. The third kappa shape index (κ3) is 4.56. The topological polar surface area (TPSA) is 98.9 Å². The molecule has 0 aromatic carbocycles. The minimum absolute atomic E-state index is 0.176. The normalized spacial score (nSPS) is 11.9. The van der Waals surface area contributed by atoms with Crippen molar-refractivity contribution in [3.8, 4) is 0 Å². The first-order valence-corrected chi connectivity index (χ1v) is 8.01. The lowest BCUT2D eigenvalue weighted by Gasteiger charge is -2.26. The summed E-state index contributed by atoms with van der Waals surface area (Å²) >= 11 is 0. The Hall–Kier alpha value is -2.97. The van der Waals surface area contributed by atoms with E-state index in [1.54, 1.807) is 47.6 Å². The largest absolute Gasteiger partial charge is 0.443 e. The molecular weight excluding hydrogens is 338 g/mol. The summed E-state index contributed by atoms with van der Waals surface area (Å²) < 4.78 is 12.0. The molecule has 2 aromatic rings. The molecule has 2 amide bonds. The van der Waals surface area contributed by atoms with Gasteiger partial charge in [-0.25, -0.2) is 14.6 Å². The van der Waals surface area contributed by atoms with Gasteiger partial charge in [-0.3, -0.25) is 0 Å². The third-order valence-corrected chi connectivity index (χ3v) is 2.80. The highest BCUT2D eigenvalue weighted by atomic mass is 16.6. The molecule has 9 heteroatoms. The maximum Gasteiger partial charge on any atom is 0.427 e. The van der Waals surface area contributed by atoms with E-state index >= 15 is 0 Å². The monoisotopic (exact) mass is 361 g/mol. The van der Waals surface area contributed by atoms with E-state index in [1.165, 1.54) is 16.8 Å². The van der Waals surface area contributed by atoms with Gasteiger partial charge >= 0.3 is 12.2 Å². The van der Waals surface area contributed by atoms with Crippen LogP contribution in [0.3, 0.4) is 0 Å². The van der Waals surface area contributed by atoms with Crippen LogP contribution in [0.1, 0.15) is 47.4 Å². The molecule has 0 spiro atoms. The number of hydrogen-bond donors (Lipinski definition) is 0. The number of carbonyl (C=O) groups is 2. The molecular formula is C17H23N5O4. The van der Waals surface area contributed by atoms with E-state index in [0.717, 1.165) is 0 Å². The van der Waals surface area contributed by atoms with Crippen molar-refractivity contribution in [2.75, 3.05) is 4.90 Å². The van der Waals surface area contributed by atoms with E-state index < -0.39 is 23.4 Å². The number of amides is 2. The van der Waals surface area contributed by atoms with Gasteiger partial charge in [0.05, 0.1) is 0 Å². The summed E-state index contributed by atoms with van der Waals surface area (Å²) in [4.78, 5) is 34.2. The zero-order valence-corrected chi connectivity index (χ0v) is 15.8. The molecule has 2 heterocycles. The number of aromatic nitrogens is 4. The summed E-state index contributed by atoms with van der Waals surface area (Å²) in [5.74, 6) is 0.235. The summed E-state index contributed by atoms with van der Waals surface area (Å²) in [5, 5.41) is 4.18. The smallest absolute Gasteiger partial charge is 0.427 e. The lowest BCUT2D eigenvalue weighted by molar-refractivity contribution is 0.0427. The summed E-state index contributed by atoms with van der Waals surface area (Å²) in [5.41, 5.74) is -1.24. The zero-order valence-electron chi connectivity index (χ0n) is 15.8. The van der Waals surface area contributed by atoms with Gasteiger partial charge in [-0.2, -0.15) is 9.50 Å². The average molecular weight is 361 g/mol. The Morgan fingerprint density at radius 1 is 1.12 bits per heavy atom. The van der Waals surface area contributed by atoms with Crippen molar-refractivity contribution < 1.29 is 19.1 Å². The van der Waals surface area contributed by atoms with Crippen molar-refractivity contribution in [2.24, 2.45) is 0 Å². The van der Waals surface area contributed by atoms with Gasteiger partial charge in [0.15, 0.2) is 11.5 Å². The Morgan fingerprint density at radius 2 is 1.65 bits per heavy atom. The van der Waals surface area contributed by atoms with Gasteiger partial charge in [0.1, 0.15) is 11.2 Å². The predicted octanol–water partition coefficient (Wildman–Crippen LogP) is 3.44. The highest BCUT2D eigenvalue weighted by molar-refractivity contribution is 6.08. The minimum Gasteiger partial charge on any atom is -0.443 e. The number of fused-ring (bicyclic) bond motifs is 1. The lowest BCUT2D eigenvalue weighted by atomic mass is 10.2. The molecule has 0 aliphatic carbocycles. The molecule has 140 valence electrons. The van der Waals surface area contributed by atoms with E-state index in [4.69, 9.17) is 9.47 Å². The van der Waals surface area contributed by atoms with Gasteiger partial charge in [0.2, 0.25) is 0 Å². The first kappa shape index (κ1) is 19.4. The average Bonchev–Trinajstić information content (AvgIpc) is 2.86. The Kier molecular flexibility index (Phi) is 5.02. The summed E-state index contributed by atoms with van der Waals surface area (Å²) in [7, 11) is 0. The predicted molar refractivity (Wildman–Crippen MR) is 95.8 cm³/mol. The Bertz CT molecular complexity index is 817. The summed E-state index contributed by atoms with van der Waals surface area (Å²) in [6.07, 6.45) is 1.14. The van der Waals surface area contributed by atoms with Crippen LogP contribution in [-0.2, 0) is 9.47 Å². The molecule has 9 nitrogen and oxygen atoms in total. The highest BCUT2D eigenvalue weighted by Crippen LogP contribution is 2.20. The molecule has 0 bridgehead atoms. The molecule has 0 saturated carbocycles. The lowest BCUT2D eigenvalue weighted by Crippen LogP contribution is -2.44. The molecule has 0 aliphatic rings. The quantitative estimate of drug-likeness (QED) is 0.808. The van der Waals surface area contributed by atoms with Gasteiger partial charge in [-0.1, -0.05) is 6.58 Å². The van der Waals surface area contributed by atoms with E-state index in [1.807, 2.05) is 0 Å². The minimum atomic E-state index is -0.934. The molecule has 0 radical (unpaired) electrons. The molecule has 2 rings (SSSR count). The number of rotatable bonds is 2. The molecule has 26 heavy (non-hydrogen) atoms. The van der Waals surface area contributed by atoms with Crippen LogP contribution in [0.2, 0.25) is 0 Å². The first-order chi connectivity index (χ1) is 11.9. The van der Waals surface area contributed by atoms with E-state index in [2.05, 4.69) is 21.6 Å². The summed E-state index contributed by atoms with van der Waals surface area (Å²) in [6, 6.07) is 1.59. The van der Waals surface area contributed by atoms with Gasteiger partial charge in [0, 0.05) is 12.3 Å². The fourth-order valence-corrected chi connectivity index (χ4v) is 1.91. The van der Waals surface area contributed by atoms with Gasteiger partial charge in [-0.05, 0) is 47.6 Å². The second-order valence-electron chi connectivity index (χ2n) is 7.49. The number of imide groups is 1. The highest BCUT2D eigenvalue weighted by Gasteiger charge is 2.35. The maximum atomic E-state index is 12.6. The molecule has 2 aromatic heterocycles. The fraction of sp³-hybridized carbons (Fsp3) is 0.471. The maximum absolute atomic E-state index is 12.6. The Labute approximate surface area is 151 Å². The zero-order chi connectivity index (χ0) is 19.7. The van der Waals surface area contributed by atoms with Crippen molar-refractivity contribution >= 4 is 29.9 Å². The number of carbonyl (C=O) groups excluding carboxylic acids is 2. The van der Waals surface area contributed by atoms with Crippen LogP contribution >= 0.6 is 0 Å². The van der Waals surface area contributed by atoms with E-state index in [-0.39, 0.29) is 5.95 Å². The SMILES string of the molecule is C=Cc1nccc2nc(N(C(=O)OC(C)(C)C)C(=O)OC(C)(C)C)nn12. The van der Waals surface area contributed by atoms with Crippen molar-refractivity contribution in [3.05, 3.63) is 24.7 Å². The van der Waals surface area contributed by atoms with Crippen LogP contribution in [0.5, 0.6) is 0 Å². The van der Waals surface area contributed by atoms with Gasteiger partial charge in [0.25, 0.3) is 5.95 Å². The number of hydrogen-bond acceptors (Lipinski definition) is 7.